The summed E-state index contributed by atoms with van der Waals surface area (Å²) in [5.74, 6) is -1.06. The molecule has 32 heavy (non-hydrogen) atoms. The largest absolute Gasteiger partial charge is 0.323 e. The van der Waals surface area contributed by atoms with Crippen molar-refractivity contribution in [3.8, 4) is 0 Å². The summed E-state index contributed by atoms with van der Waals surface area (Å²) in [6.07, 6.45) is 1.46. The van der Waals surface area contributed by atoms with E-state index in [0.29, 0.717) is 18.1 Å². The van der Waals surface area contributed by atoms with Gasteiger partial charge in [0.2, 0.25) is 5.91 Å². The van der Waals surface area contributed by atoms with E-state index < -0.39 is 17.5 Å². The first-order valence-electron chi connectivity index (χ1n) is 9.94. The highest BCUT2D eigenvalue weighted by atomic mass is 32.2. The van der Waals surface area contributed by atoms with Crippen LogP contribution in [0.1, 0.15) is 16.3 Å². The number of halogens is 2. The van der Waals surface area contributed by atoms with E-state index in [0.717, 1.165) is 24.4 Å². The second-order valence-electron chi connectivity index (χ2n) is 7.00. The minimum atomic E-state index is -0.812. The predicted molar refractivity (Wildman–Crippen MR) is 123 cm³/mol. The Bertz CT molecular complexity index is 1180. The first-order valence-corrected chi connectivity index (χ1v) is 11.8. The van der Waals surface area contributed by atoms with Gasteiger partial charge in [-0.25, -0.2) is 8.78 Å². The van der Waals surface area contributed by atoms with Crippen molar-refractivity contribution in [1.82, 2.24) is 14.8 Å². The fourth-order valence-electron chi connectivity index (χ4n) is 3.14. The van der Waals surface area contributed by atoms with E-state index >= 15 is 0 Å². The van der Waals surface area contributed by atoms with Crippen LogP contribution in [0.15, 0.2) is 71.2 Å². The van der Waals surface area contributed by atoms with E-state index in [2.05, 4.69) is 33.7 Å². The smallest absolute Gasteiger partial charge is 0.234 e. The number of anilines is 1. The van der Waals surface area contributed by atoms with E-state index in [-0.39, 0.29) is 11.4 Å². The van der Waals surface area contributed by atoms with E-state index in [1.807, 2.05) is 34.2 Å². The zero-order valence-corrected chi connectivity index (χ0v) is 18.6. The summed E-state index contributed by atoms with van der Waals surface area (Å²) < 4.78 is 28.9. The summed E-state index contributed by atoms with van der Waals surface area (Å²) >= 11 is 2.89. The maximum absolute atomic E-state index is 13.8. The number of nitrogens with zero attached hydrogens (tertiary/aromatic N) is 3. The molecule has 0 bridgehead atoms. The summed E-state index contributed by atoms with van der Waals surface area (Å²) in [7, 11) is 0. The standard InChI is InChI=1S/C23H20F2N4OS2/c24-17-8-9-20(19(25)13-17)26-22(30)15-32-23-28-27-21(14-18-7-4-12-31-18)29(23)11-10-16-5-2-1-3-6-16/h1-9,12-13H,10-11,14-15H2,(H,26,30). The van der Waals surface area contributed by atoms with Crippen LogP contribution in [0.5, 0.6) is 0 Å². The molecule has 0 aliphatic carbocycles. The molecule has 9 heteroatoms. The van der Waals surface area contributed by atoms with Crippen LogP contribution in [0.4, 0.5) is 14.5 Å². The third kappa shape index (κ3) is 5.80. The lowest BCUT2D eigenvalue weighted by molar-refractivity contribution is -0.113. The molecule has 1 amide bonds. The Hall–Kier alpha value is -3.04. The molecule has 0 radical (unpaired) electrons. The first kappa shape index (κ1) is 22.2. The maximum Gasteiger partial charge on any atom is 0.234 e. The summed E-state index contributed by atoms with van der Waals surface area (Å²) in [6, 6.07) is 17.2. The fraction of sp³-hybridized carbons (Fsp3) is 0.174. The monoisotopic (exact) mass is 470 g/mol. The Balaban J connectivity index is 1.45. The number of carbonyl (C=O) groups is 1. The van der Waals surface area contributed by atoms with Gasteiger partial charge in [0, 0.05) is 23.9 Å². The molecule has 1 N–H and O–H groups in total. The van der Waals surface area contributed by atoms with Crippen molar-refractivity contribution in [2.24, 2.45) is 0 Å². The average Bonchev–Trinajstić information content (AvgIpc) is 3.44. The van der Waals surface area contributed by atoms with Gasteiger partial charge in [-0.15, -0.1) is 21.5 Å². The topological polar surface area (TPSA) is 59.8 Å². The van der Waals surface area contributed by atoms with Crippen LogP contribution in [0, 0.1) is 11.6 Å². The van der Waals surface area contributed by atoms with Gasteiger partial charge in [-0.2, -0.15) is 0 Å². The Morgan fingerprint density at radius 2 is 1.91 bits per heavy atom. The van der Waals surface area contributed by atoms with Crippen molar-refractivity contribution in [2.75, 3.05) is 11.1 Å². The van der Waals surface area contributed by atoms with Crippen LogP contribution in [-0.2, 0) is 24.2 Å². The van der Waals surface area contributed by atoms with Crippen molar-refractivity contribution in [1.29, 1.82) is 0 Å². The number of rotatable bonds is 9. The molecule has 0 spiro atoms. The number of aryl methyl sites for hydroxylation is 1. The molecule has 2 aromatic heterocycles. The van der Waals surface area contributed by atoms with Crippen molar-refractivity contribution in [3.63, 3.8) is 0 Å². The number of hydrogen-bond acceptors (Lipinski definition) is 5. The van der Waals surface area contributed by atoms with Gasteiger partial charge in [0.1, 0.15) is 17.5 Å². The van der Waals surface area contributed by atoms with Gasteiger partial charge in [-0.3, -0.25) is 4.79 Å². The molecule has 2 aromatic carbocycles. The Kier molecular flexibility index (Phi) is 7.28. The molecule has 0 aliphatic rings. The predicted octanol–water partition coefficient (Wildman–Crippen LogP) is 5.18. The van der Waals surface area contributed by atoms with Crippen LogP contribution >= 0.6 is 23.1 Å². The number of aromatic nitrogens is 3. The van der Waals surface area contributed by atoms with E-state index in [1.165, 1.54) is 28.3 Å². The fourth-order valence-corrected chi connectivity index (χ4v) is 4.63. The molecule has 4 rings (SSSR count). The molecule has 0 saturated carbocycles. The summed E-state index contributed by atoms with van der Waals surface area (Å²) in [5, 5.41) is 13.8. The minimum absolute atomic E-state index is 0.0271. The van der Waals surface area contributed by atoms with Crippen molar-refractivity contribution >= 4 is 34.7 Å². The summed E-state index contributed by atoms with van der Waals surface area (Å²) in [6.45, 7) is 0.675. The Morgan fingerprint density at radius 3 is 2.66 bits per heavy atom. The van der Waals surface area contributed by atoms with Crippen LogP contribution in [0.3, 0.4) is 0 Å². The highest BCUT2D eigenvalue weighted by Gasteiger charge is 2.16. The quantitative estimate of drug-likeness (QED) is 0.343. The Morgan fingerprint density at radius 1 is 1.06 bits per heavy atom. The normalized spacial score (nSPS) is 10.9. The van der Waals surface area contributed by atoms with Crippen LogP contribution in [-0.4, -0.2) is 26.4 Å². The second-order valence-corrected chi connectivity index (χ2v) is 8.98. The van der Waals surface area contributed by atoms with Gasteiger partial charge in [0.25, 0.3) is 0 Å². The molecule has 5 nitrogen and oxygen atoms in total. The lowest BCUT2D eigenvalue weighted by Crippen LogP contribution is -2.16. The van der Waals surface area contributed by atoms with E-state index in [9.17, 15) is 13.6 Å². The number of carbonyl (C=O) groups excluding carboxylic acids is 1. The SMILES string of the molecule is O=C(CSc1nnc(Cc2cccs2)n1CCc1ccccc1)Nc1ccc(F)cc1F. The average molecular weight is 471 g/mol. The molecule has 2 heterocycles. The zero-order chi connectivity index (χ0) is 22.3. The van der Waals surface area contributed by atoms with Gasteiger partial charge >= 0.3 is 0 Å². The Labute approximate surface area is 192 Å². The molecule has 0 saturated heterocycles. The molecular weight excluding hydrogens is 450 g/mol. The van der Waals surface area contributed by atoms with Crippen LogP contribution in [0.2, 0.25) is 0 Å². The van der Waals surface area contributed by atoms with Gasteiger partial charge in [-0.1, -0.05) is 48.2 Å². The molecule has 0 unspecified atom stereocenters. The van der Waals surface area contributed by atoms with Gasteiger partial charge in [-0.05, 0) is 35.6 Å². The van der Waals surface area contributed by atoms with E-state index in [4.69, 9.17) is 0 Å². The molecule has 0 fully saturated rings. The third-order valence-corrected chi connectivity index (χ3v) is 6.55. The number of nitrogens with one attached hydrogen (secondary N) is 1. The highest BCUT2D eigenvalue weighted by Crippen LogP contribution is 2.22. The second kappa shape index (κ2) is 10.5. The lowest BCUT2D eigenvalue weighted by atomic mass is 10.1. The van der Waals surface area contributed by atoms with Gasteiger partial charge < -0.3 is 9.88 Å². The van der Waals surface area contributed by atoms with Gasteiger partial charge in [0.05, 0.1) is 11.4 Å². The highest BCUT2D eigenvalue weighted by molar-refractivity contribution is 7.99. The maximum atomic E-state index is 13.8. The zero-order valence-electron chi connectivity index (χ0n) is 17.0. The third-order valence-electron chi connectivity index (χ3n) is 4.71. The van der Waals surface area contributed by atoms with Crippen molar-refractivity contribution in [3.05, 3.63) is 93.9 Å². The lowest BCUT2D eigenvalue weighted by Gasteiger charge is -2.10. The first-order chi connectivity index (χ1) is 15.6. The number of thiophene rings is 1. The summed E-state index contributed by atoms with van der Waals surface area (Å²) in [4.78, 5) is 13.5. The molecular formula is C23H20F2N4OS2. The molecule has 0 aliphatic heterocycles. The summed E-state index contributed by atoms with van der Waals surface area (Å²) in [5.41, 5.74) is 1.14. The molecule has 4 aromatic rings. The van der Waals surface area contributed by atoms with E-state index in [1.54, 1.807) is 11.3 Å². The van der Waals surface area contributed by atoms with Crippen molar-refractivity contribution < 1.29 is 13.6 Å². The van der Waals surface area contributed by atoms with Crippen LogP contribution in [0.25, 0.3) is 0 Å². The molecule has 164 valence electrons. The van der Waals surface area contributed by atoms with Crippen molar-refractivity contribution in [2.45, 2.75) is 24.5 Å². The van der Waals surface area contributed by atoms with Crippen LogP contribution < -0.4 is 5.32 Å². The minimum Gasteiger partial charge on any atom is -0.323 e. The number of hydrogen-bond donors (Lipinski definition) is 1. The van der Waals surface area contributed by atoms with Gasteiger partial charge in [0.15, 0.2) is 5.16 Å². The number of thioether (sulfide) groups is 1. The number of benzene rings is 2. The number of amides is 1. The molecule has 0 atom stereocenters.